The lowest BCUT2D eigenvalue weighted by molar-refractivity contribution is 0.0214. The Bertz CT molecular complexity index is 434. The van der Waals surface area contributed by atoms with Gasteiger partial charge in [0.2, 0.25) is 0 Å². The molecular formula is C15H23ClO4. The third kappa shape index (κ3) is 4.01. The fourth-order valence-corrected chi connectivity index (χ4v) is 2.45. The fourth-order valence-electron chi connectivity index (χ4n) is 2.20. The van der Waals surface area contributed by atoms with Gasteiger partial charge in [0.05, 0.1) is 31.5 Å². The van der Waals surface area contributed by atoms with Gasteiger partial charge >= 0.3 is 0 Å². The van der Waals surface area contributed by atoms with Gasteiger partial charge in [-0.1, -0.05) is 18.5 Å². The third-order valence-corrected chi connectivity index (χ3v) is 3.82. The molecule has 5 heteroatoms. The van der Waals surface area contributed by atoms with Crippen molar-refractivity contribution < 1.29 is 19.7 Å². The molecule has 1 rings (SSSR count). The van der Waals surface area contributed by atoms with Crippen LogP contribution in [0.4, 0.5) is 0 Å². The maximum absolute atomic E-state index is 9.87. The number of halogens is 1. The van der Waals surface area contributed by atoms with E-state index in [1.165, 1.54) is 0 Å². The lowest BCUT2D eigenvalue weighted by atomic mass is 9.89. The number of aliphatic hydroxyl groups is 2. The summed E-state index contributed by atoms with van der Waals surface area (Å²) in [7, 11) is 3.14. The Hall–Kier alpha value is -0.970. The molecule has 0 saturated carbocycles. The van der Waals surface area contributed by atoms with Crippen molar-refractivity contribution in [3.05, 3.63) is 22.7 Å². The summed E-state index contributed by atoms with van der Waals surface area (Å²) in [6.45, 7) is 3.60. The molecule has 3 unspecified atom stereocenters. The molecule has 0 aliphatic heterocycles. The van der Waals surface area contributed by atoms with Crippen LogP contribution >= 0.6 is 11.6 Å². The summed E-state index contributed by atoms with van der Waals surface area (Å²) >= 11 is 6.17. The quantitative estimate of drug-likeness (QED) is 0.813. The lowest BCUT2D eigenvalue weighted by Gasteiger charge is -2.23. The molecule has 0 heterocycles. The predicted molar refractivity (Wildman–Crippen MR) is 79.9 cm³/mol. The van der Waals surface area contributed by atoms with E-state index in [0.29, 0.717) is 22.9 Å². The number of hydrogen-bond acceptors (Lipinski definition) is 4. The molecule has 0 amide bonds. The first kappa shape index (κ1) is 17.1. The van der Waals surface area contributed by atoms with Crippen LogP contribution in [0.15, 0.2) is 12.1 Å². The zero-order valence-electron chi connectivity index (χ0n) is 12.4. The third-order valence-electron chi connectivity index (χ3n) is 3.52. The minimum atomic E-state index is -0.773. The van der Waals surface area contributed by atoms with Crippen LogP contribution in [0.5, 0.6) is 11.5 Å². The molecule has 2 N–H and O–H groups in total. The topological polar surface area (TPSA) is 58.9 Å². The number of methoxy groups -OCH3 is 2. The molecule has 20 heavy (non-hydrogen) atoms. The summed E-state index contributed by atoms with van der Waals surface area (Å²) in [6, 6.07) is 3.55. The molecule has 0 spiro atoms. The van der Waals surface area contributed by atoms with Gasteiger partial charge in [0.15, 0.2) is 0 Å². The number of rotatable bonds is 7. The SMILES string of the molecule is CCC(CC(O)C(C)O)c1cc(Cl)c(OC)cc1OC. The first-order valence-corrected chi connectivity index (χ1v) is 7.09. The largest absolute Gasteiger partial charge is 0.496 e. The Labute approximate surface area is 125 Å². The predicted octanol–water partition coefficient (Wildman–Crippen LogP) is 2.98. The second-order valence-corrected chi connectivity index (χ2v) is 5.28. The summed E-state index contributed by atoms with van der Waals surface area (Å²) in [5.41, 5.74) is 0.917. The van der Waals surface area contributed by atoms with Crippen molar-refractivity contribution in [3.63, 3.8) is 0 Å². The molecule has 0 radical (unpaired) electrons. The monoisotopic (exact) mass is 302 g/mol. The summed E-state index contributed by atoms with van der Waals surface area (Å²) in [6.07, 6.45) is -0.273. The highest BCUT2D eigenvalue weighted by molar-refractivity contribution is 6.32. The zero-order chi connectivity index (χ0) is 15.3. The maximum Gasteiger partial charge on any atom is 0.141 e. The van der Waals surface area contributed by atoms with E-state index in [1.807, 2.05) is 13.0 Å². The van der Waals surface area contributed by atoms with E-state index in [4.69, 9.17) is 21.1 Å². The minimum absolute atomic E-state index is 0.0537. The number of hydrogen-bond donors (Lipinski definition) is 2. The van der Waals surface area contributed by atoms with Gasteiger partial charge in [-0.15, -0.1) is 0 Å². The van der Waals surface area contributed by atoms with Gasteiger partial charge in [0.25, 0.3) is 0 Å². The Kier molecular flexibility index (Phi) is 6.59. The minimum Gasteiger partial charge on any atom is -0.496 e. The van der Waals surface area contributed by atoms with Crippen LogP contribution in [0.25, 0.3) is 0 Å². The van der Waals surface area contributed by atoms with Gasteiger partial charge in [-0.3, -0.25) is 0 Å². The van der Waals surface area contributed by atoms with E-state index < -0.39 is 12.2 Å². The Morgan fingerprint density at radius 1 is 1.15 bits per heavy atom. The van der Waals surface area contributed by atoms with E-state index in [2.05, 4.69) is 0 Å². The van der Waals surface area contributed by atoms with Crippen LogP contribution < -0.4 is 9.47 Å². The highest BCUT2D eigenvalue weighted by Crippen LogP contribution is 2.39. The van der Waals surface area contributed by atoms with Gasteiger partial charge in [-0.25, -0.2) is 0 Å². The average molecular weight is 303 g/mol. The van der Waals surface area contributed by atoms with E-state index in [0.717, 1.165) is 12.0 Å². The highest BCUT2D eigenvalue weighted by atomic mass is 35.5. The highest BCUT2D eigenvalue weighted by Gasteiger charge is 2.22. The molecule has 0 saturated heterocycles. The fraction of sp³-hybridized carbons (Fsp3) is 0.600. The van der Waals surface area contributed by atoms with Gasteiger partial charge in [-0.2, -0.15) is 0 Å². The maximum atomic E-state index is 9.87. The van der Waals surface area contributed by atoms with Crippen LogP contribution in [-0.4, -0.2) is 36.6 Å². The normalized spacial score (nSPS) is 15.6. The van der Waals surface area contributed by atoms with E-state index in [-0.39, 0.29) is 5.92 Å². The smallest absolute Gasteiger partial charge is 0.141 e. The van der Waals surface area contributed by atoms with Crippen LogP contribution in [0.2, 0.25) is 5.02 Å². The molecule has 1 aromatic rings. The summed E-state index contributed by atoms with van der Waals surface area (Å²) in [5.74, 6) is 1.28. The molecule has 114 valence electrons. The van der Waals surface area contributed by atoms with Gasteiger partial charge in [0, 0.05) is 6.07 Å². The second-order valence-electron chi connectivity index (χ2n) is 4.88. The standard InChI is InChI=1S/C15H23ClO4/c1-5-10(6-13(18)9(2)17)11-7-12(16)15(20-4)8-14(11)19-3/h7-10,13,17-18H,5-6H2,1-4H3. The summed E-state index contributed by atoms with van der Waals surface area (Å²) in [5, 5.41) is 19.8. The number of aliphatic hydroxyl groups excluding tert-OH is 2. The van der Waals surface area contributed by atoms with Gasteiger partial charge < -0.3 is 19.7 Å². The lowest BCUT2D eigenvalue weighted by Crippen LogP contribution is -2.24. The van der Waals surface area contributed by atoms with Crippen molar-refractivity contribution in [3.8, 4) is 11.5 Å². The van der Waals surface area contributed by atoms with Crippen LogP contribution in [0.1, 0.15) is 38.2 Å². The van der Waals surface area contributed by atoms with Crippen molar-refractivity contribution in [2.24, 2.45) is 0 Å². The molecule has 0 bridgehead atoms. The van der Waals surface area contributed by atoms with E-state index >= 15 is 0 Å². The molecular weight excluding hydrogens is 280 g/mol. The molecule has 0 aliphatic rings. The molecule has 1 aromatic carbocycles. The zero-order valence-corrected chi connectivity index (χ0v) is 13.1. The van der Waals surface area contributed by atoms with Crippen molar-refractivity contribution in [2.45, 2.75) is 44.8 Å². The van der Waals surface area contributed by atoms with Gasteiger partial charge in [0.1, 0.15) is 11.5 Å². The molecule has 4 nitrogen and oxygen atoms in total. The Morgan fingerprint density at radius 2 is 1.75 bits per heavy atom. The molecule has 0 fully saturated rings. The van der Waals surface area contributed by atoms with Crippen LogP contribution in [0.3, 0.4) is 0 Å². The van der Waals surface area contributed by atoms with Gasteiger partial charge in [-0.05, 0) is 37.3 Å². The van der Waals surface area contributed by atoms with E-state index in [1.54, 1.807) is 27.2 Å². The second kappa shape index (κ2) is 7.72. The molecule has 3 atom stereocenters. The summed E-state index contributed by atoms with van der Waals surface area (Å²) < 4.78 is 10.6. The molecule has 0 aromatic heterocycles. The van der Waals surface area contributed by atoms with E-state index in [9.17, 15) is 10.2 Å². The van der Waals surface area contributed by atoms with Crippen molar-refractivity contribution in [1.82, 2.24) is 0 Å². The first-order chi connectivity index (χ1) is 9.44. The number of benzene rings is 1. The number of ether oxygens (including phenoxy) is 2. The van der Waals surface area contributed by atoms with Crippen molar-refractivity contribution >= 4 is 11.6 Å². The van der Waals surface area contributed by atoms with Crippen LogP contribution in [0, 0.1) is 0 Å². The molecule has 0 aliphatic carbocycles. The Balaban J connectivity index is 3.11. The Morgan fingerprint density at radius 3 is 2.20 bits per heavy atom. The average Bonchev–Trinajstić information content (AvgIpc) is 2.44. The first-order valence-electron chi connectivity index (χ1n) is 6.72. The van der Waals surface area contributed by atoms with Crippen molar-refractivity contribution in [1.29, 1.82) is 0 Å². The van der Waals surface area contributed by atoms with Crippen LogP contribution in [-0.2, 0) is 0 Å². The summed E-state index contributed by atoms with van der Waals surface area (Å²) in [4.78, 5) is 0. The van der Waals surface area contributed by atoms with Crippen molar-refractivity contribution in [2.75, 3.05) is 14.2 Å².